The zero-order valence-corrected chi connectivity index (χ0v) is 7.16. The van der Waals surface area contributed by atoms with Crippen molar-refractivity contribution in [2.45, 2.75) is 6.92 Å². The predicted molar refractivity (Wildman–Crippen MR) is 50.0 cm³/mol. The molecule has 66 valence electrons. The van der Waals surface area contributed by atoms with Gasteiger partial charge in [0.25, 0.3) is 0 Å². The van der Waals surface area contributed by atoms with Gasteiger partial charge in [-0.05, 0) is 19.1 Å². The first kappa shape index (κ1) is 7.98. The molecule has 2 rings (SSSR count). The van der Waals surface area contributed by atoms with Crippen molar-refractivity contribution in [3.8, 4) is 5.75 Å². The fraction of sp³-hybridized carbons (Fsp3) is 0.200. The molecule has 2 aromatic rings. The molecular weight excluding hydrogens is 168 g/mol. The van der Waals surface area contributed by atoms with Gasteiger partial charge in [-0.25, -0.2) is 0 Å². The summed E-state index contributed by atoms with van der Waals surface area (Å²) in [5, 5.41) is 0.922. The first-order valence-electron chi connectivity index (χ1n) is 4.10. The number of hydrogen-bond donors (Lipinski definition) is 0. The highest BCUT2D eigenvalue weighted by Gasteiger charge is 2.15. The van der Waals surface area contributed by atoms with Crippen LogP contribution in [0.4, 0.5) is 0 Å². The van der Waals surface area contributed by atoms with E-state index in [2.05, 4.69) is 0 Å². The van der Waals surface area contributed by atoms with Crippen LogP contribution in [0.15, 0.2) is 27.8 Å². The van der Waals surface area contributed by atoms with Crippen LogP contribution in [0.5, 0.6) is 5.75 Å². The maximum Gasteiger partial charge on any atom is 0.238 e. The monoisotopic (exact) mass is 176 g/mol. The zero-order valence-electron chi connectivity index (χ0n) is 7.16. The minimum Gasteiger partial charge on any atom is -0.493 e. The van der Waals surface area contributed by atoms with E-state index in [4.69, 9.17) is 4.74 Å². The fourth-order valence-electron chi connectivity index (χ4n) is 1.40. The van der Waals surface area contributed by atoms with Crippen LogP contribution in [0.25, 0.3) is 10.8 Å². The highest BCUT2D eigenvalue weighted by atomic mass is 16.5. The number of ether oxygens (including phenoxy) is 1. The third-order valence-corrected chi connectivity index (χ3v) is 2.00. The van der Waals surface area contributed by atoms with Crippen LogP contribution < -0.4 is 15.6 Å². The van der Waals surface area contributed by atoms with Crippen molar-refractivity contribution in [3.05, 3.63) is 38.6 Å². The van der Waals surface area contributed by atoms with Gasteiger partial charge in [-0.15, -0.1) is 0 Å². The summed E-state index contributed by atoms with van der Waals surface area (Å²) in [6, 6.07) is 5.06. The third kappa shape index (κ3) is 0.967. The van der Waals surface area contributed by atoms with E-state index in [0.717, 1.165) is 0 Å². The fourth-order valence-corrected chi connectivity index (χ4v) is 1.40. The molecule has 0 spiro atoms. The van der Waals surface area contributed by atoms with Gasteiger partial charge >= 0.3 is 0 Å². The second-order valence-corrected chi connectivity index (χ2v) is 2.77. The van der Waals surface area contributed by atoms with E-state index in [0.29, 0.717) is 23.1 Å². The van der Waals surface area contributed by atoms with Crippen LogP contribution in [-0.2, 0) is 0 Å². The lowest BCUT2D eigenvalue weighted by Gasteiger charge is -2.06. The third-order valence-electron chi connectivity index (χ3n) is 2.00. The summed E-state index contributed by atoms with van der Waals surface area (Å²) < 4.78 is 5.21. The lowest BCUT2D eigenvalue weighted by molar-refractivity contribution is 0.344. The smallest absolute Gasteiger partial charge is 0.238 e. The Morgan fingerprint density at radius 3 is 2.69 bits per heavy atom. The number of hydrogen-bond acceptors (Lipinski definition) is 3. The Morgan fingerprint density at radius 2 is 2.00 bits per heavy atom. The Hall–Kier alpha value is -1.64. The average Bonchev–Trinajstić information content (AvgIpc) is 2.17. The van der Waals surface area contributed by atoms with Crippen molar-refractivity contribution in [1.82, 2.24) is 0 Å². The lowest BCUT2D eigenvalue weighted by Crippen LogP contribution is -2.30. The Bertz CT molecular complexity index is 518. The van der Waals surface area contributed by atoms with E-state index in [1.54, 1.807) is 18.2 Å². The molecule has 0 fully saturated rings. The highest BCUT2D eigenvalue weighted by molar-refractivity contribution is 5.92. The molecule has 3 nitrogen and oxygen atoms in total. The van der Waals surface area contributed by atoms with Crippen LogP contribution in [0.2, 0.25) is 0 Å². The Morgan fingerprint density at radius 1 is 1.23 bits per heavy atom. The van der Waals surface area contributed by atoms with E-state index >= 15 is 0 Å². The molecular formula is C10H8O3. The van der Waals surface area contributed by atoms with Crippen LogP contribution >= 0.6 is 0 Å². The Kier molecular flexibility index (Phi) is 1.65. The van der Waals surface area contributed by atoms with Crippen molar-refractivity contribution in [2.75, 3.05) is 6.61 Å². The van der Waals surface area contributed by atoms with Crippen LogP contribution in [0.3, 0.4) is 0 Å². The standard InChI is InChI=1S/C10H8O3/c1-2-13-7-5-3-4-6-8(7)10(12)9(6)11/h3-5H,2H2,1H3. The van der Waals surface area contributed by atoms with E-state index in [1.165, 1.54) is 0 Å². The van der Waals surface area contributed by atoms with Crippen molar-refractivity contribution in [3.63, 3.8) is 0 Å². The Balaban J connectivity index is 2.72. The molecule has 0 radical (unpaired) electrons. The maximum absolute atomic E-state index is 11.1. The number of fused-ring (bicyclic) bond motifs is 1. The van der Waals surface area contributed by atoms with Gasteiger partial charge in [0, 0.05) is 5.39 Å². The summed E-state index contributed by atoms with van der Waals surface area (Å²) in [6.45, 7) is 2.34. The van der Waals surface area contributed by atoms with Gasteiger partial charge in [-0.3, -0.25) is 9.59 Å². The molecule has 3 heteroatoms. The first-order valence-corrected chi connectivity index (χ1v) is 4.10. The van der Waals surface area contributed by atoms with Crippen molar-refractivity contribution < 1.29 is 4.74 Å². The molecule has 0 aliphatic carbocycles. The summed E-state index contributed by atoms with van der Waals surface area (Å²) >= 11 is 0. The molecule has 0 aliphatic heterocycles. The van der Waals surface area contributed by atoms with Gasteiger partial charge < -0.3 is 4.74 Å². The molecule has 0 saturated carbocycles. The van der Waals surface area contributed by atoms with E-state index in [9.17, 15) is 9.59 Å². The molecule has 0 heterocycles. The zero-order chi connectivity index (χ0) is 9.42. The van der Waals surface area contributed by atoms with Crippen molar-refractivity contribution in [2.24, 2.45) is 0 Å². The summed E-state index contributed by atoms with van der Waals surface area (Å²) in [6.07, 6.45) is 0. The molecule has 0 bridgehead atoms. The van der Waals surface area contributed by atoms with E-state index < -0.39 is 10.9 Å². The van der Waals surface area contributed by atoms with Crippen molar-refractivity contribution in [1.29, 1.82) is 0 Å². The molecule has 0 N–H and O–H groups in total. The van der Waals surface area contributed by atoms with Gasteiger partial charge in [0.2, 0.25) is 10.9 Å². The molecule has 0 atom stereocenters. The van der Waals surface area contributed by atoms with Crippen LogP contribution in [-0.4, -0.2) is 6.61 Å². The summed E-state index contributed by atoms with van der Waals surface area (Å²) in [7, 11) is 0. The van der Waals surface area contributed by atoms with Crippen LogP contribution in [0.1, 0.15) is 6.92 Å². The minimum atomic E-state index is -0.431. The van der Waals surface area contributed by atoms with Gasteiger partial charge in [0.1, 0.15) is 5.75 Å². The number of rotatable bonds is 2. The normalized spacial score (nSPS) is 10.8. The van der Waals surface area contributed by atoms with Crippen molar-refractivity contribution >= 4 is 10.8 Å². The first-order chi connectivity index (χ1) is 6.25. The summed E-state index contributed by atoms with van der Waals surface area (Å²) in [5.74, 6) is 0.518. The molecule has 2 aromatic carbocycles. The predicted octanol–water partition coefficient (Wildman–Crippen LogP) is 0.834. The van der Waals surface area contributed by atoms with E-state index in [1.807, 2.05) is 6.92 Å². The van der Waals surface area contributed by atoms with Gasteiger partial charge in [-0.1, -0.05) is 6.07 Å². The molecule has 0 aromatic heterocycles. The van der Waals surface area contributed by atoms with E-state index in [-0.39, 0.29) is 0 Å². The highest BCUT2D eigenvalue weighted by Crippen LogP contribution is 2.20. The lowest BCUT2D eigenvalue weighted by atomic mass is 10.0. The topological polar surface area (TPSA) is 43.4 Å². The second kappa shape index (κ2) is 2.69. The molecule has 0 amide bonds. The quantitative estimate of drug-likeness (QED) is 0.636. The molecule has 0 aliphatic rings. The molecule has 0 unspecified atom stereocenters. The van der Waals surface area contributed by atoms with Gasteiger partial charge in [0.05, 0.1) is 12.0 Å². The number of benzene rings is 1. The summed E-state index contributed by atoms with van der Waals surface area (Å²) in [4.78, 5) is 22.1. The average molecular weight is 176 g/mol. The van der Waals surface area contributed by atoms with Gasteiger partial charge in [-0.2, -0.15) is 0 Å². The minimum absolute atomic E-state index is 0.406. The van der Waals surface area contributed by atoms with Gasteiger partial charge in [0.15, 0.2) is 0 Å². The second-order valence-electron chi connectivity index (χ2n) is 2.77. The molecule has 0 saturated heterocycles. The Labute approximate surface area is 74.3 Å². The SMILES string of the molecule is CCOc1cccc2c(=O)c(=O)c12. The van der Waals surface area contributed by atoms with Crippen LogP contribution in [0, 0.1) is 0 Å². The maximum atomic E-state index is 11.1. The largest absolute Gasteiger partial charge is 0.493 e. The summed E-state index contributed by atoms with van der Waals surface area (Å²) in [5.41, 5.74) is -0.837. The molecule has 13 heavy (non-hydrogen) atoms.